The maximum absolute atomic E-state index is 5.52. The highest BCUT2D eigenvalue weighted by Gasteiger charge is 2.16. The Kier molecular flexibility index (Phi) is 4.77. The summed E-state index contributed by atoms with van der Waals surface area (Å²) >= 11 is 0. The molecule has 3 nitrogen and oxygen atoms in total. The quantitative estimate of drug-likeness (QED) is 0.466. The Morgan fingerprint density at radius 2 is 2.27 bits per heavy atom. The van der Waals surface area contributed by atoms with Gasteiger partial charge in [0, 0.05) is 13.7 Å². The Bertz CT molecular complexity index is 93.7. The summed E-state index contributed by atoms with van der Waals surface area (Å²) in [6.07, 6.45) is 2.49. The molecule has 0 aliphatic carbocycles. The van der Waals surface area contributed by atoms with E-state index in [0.717, 1.165) is 6.61 Å². The third-order valence-corrected chi connectivity index (χ3v) is 3.82. The van der Waals surface area contributed by atoms with Crippen LogP contribution in [0.25, 0.3) is 0 Å². The van der Waals surface area contributed by atoms with E-state index < -0.39 is 9.28 Å². The number of rotatable bonds is 4. The van der Waals surface area contributed by atoms with E-state index in [-0.39, 0.29) is 0 Å². The molecule has 1 atom stereocenters. The Balaban J connectivity index is 1.96. The minimum absolute atomic E-state index is 0.687. The van der Waals surface area contributed by atoms with Crippen molar-refractivity contribution in [2.24, 2.45) is 0 Å². The zero-order valence-electron chi connectivity index (χ0n) is 7.04. The molecule has 11 heavy (non-hydrogen) atoms. The number of hydrogen-bond acceptors (Lipinski definition) is 3. The van der Waals surface area contributed by atoms with Gasteiger partial charge in [-0.1, -0.05) is 0 Å². The SMILES string of the molecule is COCCO[SiH]1CCCCO1. The van der Waals surface area contributed by atoms with Gasteiger partial charge in [0.25, 0.3) is 0 Å². The fourth-order valence-electron chi connectivity index (χ4n) is 1.11. The van der Waals surface area contributed by atoms with E-state index in [4.69, 9.17) is 13.6 Å². The third-order valence-electron chi connectivity index (χ3n) is 1.73. The highest BCUT2D eigenvalue weighted by Crippen LogP contribution is 2.10. The lowest BCUT2D eigenvalue weighted by atomic mass is 10.4. The second kappa shape index (κ2) is 5.71. The van der Waals surface area contributed by atoms with E-state index >= 15 is 0 Å². The van der Waals surface area contributed by atoms with Crippen LogP contribution in [0.1, 0.15) is 12.8 Å². The molecule has 1 heterocycles. The standard InChI is InChI=1S/C7H16O3Si/c1-8-5-6-10-11-7-3-2-4-9-11/h11H,2-7H2,1H3. The van der Waals surface area contributed by atoms with Crippen molar-refractivity contribution >= 4 is 9.28 Å². The molecule has 66 valence electrons. The van der Waals surface area contributed by atoms with Crippen molar-refractivity contribution in [2.45, 2.75) is 18.9 Å². The molecule has 0 spiro atoms. The van der Waals surface area contributed by atoms with Crippen molar-refractivity contribution in [1.82, 2.24) is 0 Å². The third kappa shape index (κ3) is 3.86. The van der Waals surface area contributed by atoms with Gasteiger partial charge in [0.2, 0.25) is 0 Å². The maximum Gasteiger partial charge on any atom is 0.321 e. The molecule has 0 aromatic rings. The number of hydrogen-bond donors (Lipinski definition) is 0. The van der Waals surface area contributed by atoms with Crippen molar-refractivity contribution in [3.05, 3.63) is 0 Å². The Morgan fingerprint density at radius 3 is 2.91 bits per heavy atom. The fourth-order valence-corrected chi connectivity index (χ4v) is 2.95. The maximum atomic E-state index is 5.52. The van der Waals surface area contributed by atoms with Crippen LogP contribution in [0.15, 0.2) is 0 Å². The van der Waals surface area contributed by atoms with E-state index in [1.807, 2.05) is 0 Å². The van der Waals surface area contributed by atoms with Gasteiger partial charge in [0.05, 0.1) is 13.2 Å². The van der Waals surface area contributed by atoms with Crippen LogP contribution in [-0.4, -0.2) is 36.2 Å². The minimum Gasteiger partial charge on any atom is -0.397 e. The van der Waals surface area contributed by atoms with E-state index in [9.17, 15) is 0 Å². The monoisotopic (exact) mass is 176 g/mol. The molecule has 0 N–H and O–H groups in total. The number of methoxy groups -OCH3 is 1. The van der Waals surface area contributed by atoms with Crippen molar-refractivity contribution < 1.29 is 13.6 Å². The topological polar surface area (TPSA) is 27.7 Å². The van der Waals surface area contributed by atoms with Crippen LogP contribution >= 0.6 is 0 Å². The molecule has 0 bridgehead atoms. The lowest BCUT2D eigenvalue weighted by Crippen LogP contribution is -2.28. The first-order valence-corrected chi connectivity index (χ1v) is 5.91. The first-order valence-electron chi connectivity index (χ1n) is 4.15. The van der Waals surface area contributed by atoms with E-state index in [1.165, 1.54) is 18.9 Å². The van der Waals surface area contributed by atoms with Crippen LogP contribution in [0.4, 0.5) is 0 Å². The largest absolute Gasteiger partial charge is 0.397 e. The lowest BCUT2D eigenvalue weighted by Gasteiger charge is -2.20. The average Bonchev–Trinajstić information content (AvgIpc) is 2.07. The summed E-state index contributed by atoms with van der Waals surface area (Å²) in [7, 11) is 0.449. The van der Waals surface area contributed by atoms with Crippen LogP contribution in [0.2, 0.25) is 6.04 Å². The molecule has 0 amide bonds. The van der Waals surface area contributed by atoms with Gasteiger partial charge in [-0.05, 0) is 18.9 Å². The Labute approximate surface area is 69.5 Å². The van der Waals surface area contributed by atoms with E-state index in [2.05, 4.69) is 0 Å². The van der Waals surface area contributed by atoms with Crippen molar-refractivity contribution in [1.29, 1.82) is 0 Å². The van der Waals surface area contributed by atoms with E-state index in [0.29, 0.717) is 13.2 Å². The first-order chi connectivity index (χ1) is 5.43. The molecule has 1 rings (SSSR count). The molecule has 1 unspecified atom stereocenters. The van der Waals surface area contributed by atoms with Gasteiger partial charge in [-0.25, -0.2) is 0 Å². The van der Waals surface area contributed by atoms with Crippen LogP contribution in [-0.2, 0) is 13.6 Å². The highest BCUT2D eigenvalue weighted by atomic mass is 28.3. The number of ether oxygens (including phenoxy) is 1. The van der Waals surface area contributed by atoms with Crippen LogP contribution in [0.3, 0.4) is 0 Å². The van der Waals surface area contributed by atoms with Gasteiger partial charge in [-0.2, -0.15) is 0 Å². The molecule has 0 aromatic heterocycles. The Morgan fingerprint density at radius 1 is 1.36 bits per heavy atom. The molecule has 1 fully saturated rings. The molecule has 0 aromatic carbocycles. The summed E-state index contributed by atoms with van der Waals surface area (Å²) in [5, 5.41) is 0. The van der Waals surface area contributed by atoms with Crippen LogP contribution < -0.4 is 0 Å². The van der Waals surface area contributed by atoms with Gasteiger partial charge < -0.3 is 13.6 Å². The van der Waals surface area contributed by atoms with Crippen LogP contribution in [0, 0.1) is 0 Å². The normalized spacial score (nSPS) is 25.4. The van der Waals surface area contributed by atoms with Crippen molar-refractivity contribution in [2.75, 3.05) is 26.9 Å². The zero-order valence-corrected chi connectivity index (χ0v) is 8.20. The average molecular weight is 176 g/mol. The van der Waals surface area contributed by atoms with Gasteiger partial charge in [0.15, 0.2) is 0 Å². The lowest BCUT2D eigenvalue weighted by molar-refractivity contribution is 0.115. The fraction of sp³-hybridized carbons (Fsp3) is 1.00. The second-order valence-corrected chi connectivity index (χ2v) is 4.76. The van der Waals surface area contributed by atoms with Crippen LogP contribution in [0.5, 0.6) is 0 Å². The molecular formula is C7H16O3Si. The molecule has 1 aliphatic heterocycles. The molecule has 4 heteroatoms. The molecule has 1 aliphatic rings. The molecule has 0 saturated carbocycles. The van der Waals surface area contributed by atoms with Gasteiger partial charge in [0.1, 0.15) is 0 Å². The van der Waals surface area contributed by atoms with Gasteiger partial charge in [-0.3, -0.25) is 0 Å². The Hall–Kier alpha value is 0.0969. The predicted octanol–water partition coefficient (Wildman–Crippen LogP) is 0.680. The summed E-state index contributed by atoms with van der Waals surface area (Å²) in [5.41, 5.74) is 0. The molecule has 1 saturated heterocycles. The first kappa shape index (κ1) is 9.19. The minimum atomic E-state index is -1.24. The van der Waals surface area contributed by atoms with Gasteiger partial charge >= 0.3 is 9.28 Å². The summed E-state index contributed by atoms with van der Waals surface area (Å²) in [4.78, 5) is 0. The zero-order chi connectivity index (χ0) is 7.94. The second-order valence-electron chi connectivity index (χ2n) is 2.66. The van der Waals surface area contributed by atoms with Crippen molar-refractivity contribution in [3.8, 4) is 0 Å². The molecular weight excluding hydrogens is 160 g/mol. The predicted molar refractivity (Wildman–Crippen MR) is 45.0 cm³/mol. The highest BCUT2D eigenvalue weighted by molar-refractivity contribution is 6.44. The molecule has 0 radical (unpaired) electrons. The van der Waals surface area contributed by atoms with E-state index in [1.54, 1.807) is 7.11 Å². The summed E-state index contributed by atoms with van der Waals surface area (Å²) in [6.45, 7) is 2.30. The van der Waals surface area contributed by atoms with Gasteiger partial charge in [-0.15, -0.1) is 0 Å². The summed E-state index contributed by atoms with van der Waals surface area (Å²) in [6, 6.07) is 1.17. The van der Waals surface area contributed by atoms with Crippen molar-refractivity contribution in [3.63, 3.8) is 0 Å². The summed E-state index contributed by atoms with van der Waals surface area (Å²) in [5.74, 6) is 0. The smallest absolute Gasteiger partial charge is 0.321 e. The summed E-state index contributed by atoms with van der Waals surface area (Å²) < 4.78 is 15.9.